The molecule has 1 aliphatic carbocycles. The molecular weight excluding hydrogens is 244 g/mol. The Labute approximate surface area is 113 Å². The highest BCUT2D eigenvalue weighted by atomic mass is 16.6. The maximum atomic E-state index is 11.6. The third-order valence-electron chi connectivity index (χ3n) is 4.41. The quantitative estimate of drug-likeness (QED) is 0.625. The Kier molecular flexibility index (Phi) is 4.09. The van der Waals surface area contributed by atoms with Crippen molar-refractivity contribution in [3.05, 3.63) is 11.6 Å². The van der Waals surface area contributed by atoms with Gasteiger partial charge in [0.25, 0.3) is 0 Å². The van der Waals surface area contributed by atoms with Gasteiger partial charge >= 0.3 is 5.97 Å². The Hall–Kier alpha value is -1.16. The molecule has 1 heterocycles. The fraction of sp³-hybridized carbons (Fsp3) is 0.733. The fourth-order valence-corrected chi connectivity index (χ4v) is 3.18. The molecular formula is C15H22O4. The number of allylic oxidation sites excluding steroid dienone is 1. The molecule has 106 valence electrons. The zero-order chi connectivity index (χ0) is 14.2. The third kappa shape index (κ3) is 2.89. The largest absolute Gasteiger partial charge is 0.462 e. The minimum Gasteiger partial charge on any atom is -0.462 e. The standard InChI is InChI=1S/C15H22O4/c1-8-6-13-14(10(3)15(18)19-13)12(17)7-11(8)5-4-9(2)16/h7-8,10,12-14,17H,4-6H2,1-3H3. The van der Waals surface area contributed by atoms with Gasteiger partial charge in [-0.05, 0) is 25.7 Å². The molecule has 2 aliphatic rings. The van der Waals surface area contributed by atoms with Crippen LogP contribution in [0, 0.1) is 17.8 Å². The highest BCUT2D eigenvalue weighted by Crippen LogP contribution is 2.40. The maximum absolute atomic E-state index is 11.6. The van der Waals surface area contributed by atoms with Crippen LogP contribution in [0.1, 0.15) is 40.0 Å². The molecule has 4 nitrogen and oxygen atoms in total. The zero-order valence-corrected chi connectivity index (χ0v) is 11.8. The summed E-state index contributed by atoms with van der Waals surface area (Å²) in [5.41, 5.74) is 1.11. The van der Waals surface area contributed by atoms with Gasteiger partial charge in [-0.15, -0.1) is 0 Å². The number of Topliss-reactive ketones (excluding diaryl/α,β-unsaturated/α-hetero) is 1. The summed E-state index contributed by atoms with van der Waals surface area (Å²) in [5.74, 6) is -0.212. The number of hydrogen-bond donors (Lipinski definition) is 1. The number of aliphatic hydroxyl groups is 1. The van der Waals surface area contributed by atoms with E-state index in [0.29, 0.717) is 12.8 Å². The molecule has 5 atom stereocenters. The number of aliphatic hydroxyl groups excluding tert-OH is 1. The summed E-state index contributed by atoms with van der Waals surface area (Å²) in [6.07, 6.45) is 2.93. The summed E-state index contributed by atoms with van der Waals surface area (Å²) in [6.45, 7) is 5.46. The van der Waals surface area contributed by atoms with E-state index in [1.807, 2.05) is 13.0 Å². The van der Waals surface area contributed by atoms with Crippen molar-refractivity contribution in [3.63, 3.8) is 0 Å². The molecule has 0 saturated carbocycles. The predicted molar refractivity (Wildman–Crippen MR) is 70.3 cm³/mol. The Balaban J connectivity index is 2.16. The first-order valence-corrected chi connectivity index (χ1v) is 6.98. The van der Waals surface area contributed by atoms with Crippen LogP contribution in [-0.2, 0) is 14.3 Å². The van der Waals surface area contributed by atoms with Gasteiger partial charge in [-0.25, -0.2) is 0 Å². The SMILES string of the molecule is CC(=O)CCC1=CC(O)C2C(CC1C)OC(=O)C2C. The van der Waals surface area contributed by atoms with Crippen LogP contribution in [0.4, 0.5) is 0 Å². The highest BCUT2D eigenvalue weighted by Gasteiger charge is 2.47. The van der Waals surface area contributed by atoms with Crippen LogP contribution in [0.2, 0.25) is 0 Å². The molecule has 0 aromatic rings. The van der Waals surface area contributed by atoms with Crippen molar-refractivity contribution in [3.8, 4) is 0 Å². The number of carbonyl (C=O) groups excluding carboxylic acids is 2. The Morgan fingerprint density at radius 1 is 1.47 bits per heavy atom. The Morgan fingerprint density at radius 2 is 2.16 bits per heavy atom. The van der Waals surface area contributed by atoms with E-state index in [1.165, 1.54) is 0 Å². The molecule has 2 rings (SSSR count). The minimum absolute atomic E-state index is 0.148. The number of carbonyl (C=O) groups is 2. The van der Waals surface area contributed by atoms with E-state index in [-0.39, 0.29) is 35.6 Å². The van der Waals surface area contributed by atoms with Crippen LogP contribution in [-0.4, -0.2) is 29.1 Å². The first-order valence-electron chi connectivity index (χ1n) is 6.98. The summed E-state index contributed by atoms with van der Waals surface area (Å²) in [7, 11) is 0. The van der Waals surface area contributed by atoms with Crippen molar-refractivity contribution in [2.75, 3.05) is 0 Å². The van der Waals surface area contributed by atoms with E-state index >= 15 is 0 Å². The van der Waals surface area contributed by atoms with Crippen molar-refractivity contribution >= 4 is 11.8 Å². The van der Waals surface area contributed by atoms with Crippen LogP contribution in [0.25, 0.3) is 0 Å². The molecule has 0 bridgehead atoms. The second-order valence-electron chi connectivity index (χ2n) is 5.91. The van der Waals surface area contributed by atoms with E-state index in [2.05, 4.69) is 6.92 Å². The van der Waals surface area contributed by atoms with E-state index in [0.717, 1.165) is 12.0 Å². The van der Waals surface area contributed by atoms with Crippen LogP contribution in [0.3, 0.4) is 0 Å². The molecule has 1 fully saturated rings. The van der Waals surface area contributed by atoms with Gasteiger partial charge < -0.3 is 14.6 Å². The maximum Gasteiger partial charge on any atom is 0.309 e. The molecule has 1 N–H and O–H groups in total. The average Bonchev–Trinajstić information content (AvgIpc) is 2.52. The van der Waals surface area contributed by atoms with Crippen molar-refractivity contribution in [2.45, 2.75) is 52.2 Å². The third-order valence-corrected chi connectivity index (χ3v) is 4.41. The summed E-state index contributed by atoms with van der Waals surface area (Å²) in [6, 6.07) is 0. The van der Waals surface area contributed by atoms with Crippen LogP contribution < -0.4 is 0 Å². The minimum atomic E-state index is -0.654. The lowest BCUT2D eigenvalue weighted by Crippen LogP contribution is -2.29. The van der Waals surface area contributed by atoms with Crippen LogP contribution in [0.15, 0.2) is 11.6 Å². The highest BCUT2D eigenvalue weighted by molar-refractivity contribution is 5.76. The van der Waals surface area contributed by atoms with Crippen LogP contribution >= 0.6 is 0 Å². The molecule has 5 unspecified atom stereocenters. The van der Waals surface area contributed by atoms with Gasteiger partial charge in [0.15, 0.2) is 0 Å². The smallest absolute Gasteiger partial charge is 0.309 e. The lowest BCUT2D eigenvalue weighted by atomic mass is 9.85. The van der Waals surface area contributed by atoms with Gasteiger partial charge in [-0.3, -0.25) is 4.79 Å². The van der Waals surface area contributed by atoms with Gasteiger partial charge in [-0.2, -0.15) is 0 Å². The summed E-state index contributed by atoms with van der Waals surface area (Å²) >= 11 is 0. The summed E-state index contributed by atoms with van der Waals surface area (Å²) in [4.78, 5) is 22.7. The van der Waals surface area contributed by atoms with E-state index in [9.17, 15) is 14.7 Å². The second-order valence-corrected chi connectivity index (χ2v) is 5.91. The lowest BCUT2D eigenvalue weighted by molar-refractivity contribution is -0.144. The molecule has 0 amide bonds. The number of ether oxygens (including phenoxy) is 1. The molecule has 0 spiro atoms. The van der Waals surface area contributed by atoms with Gasteiger partial charge in [-0.1, -0.05) is 25.5 Å². The summed E-state index contributed by atoms with van der Waals surface area (Å²) < 4.78 is 5.37. The van der Waals surface area contributed by atoms with Gasteiger partial charge in [0.05, 0.1) is 12.0 Å². The first-order chi connectivity index (χ1) is 8.90. The molecule has 19 heavy (non-hydrogen) atoms. The van der Waals surface area contributed by atoms with Crippen LogP contribution in [0.5, 0.6) is 0 Å². The number of hydrogen-bond acceptors (Lipinski definition) is 4. The molecule has 0 aromatic heterocycles. The van der Waals surface area contributed by atoms with Crippen molar-refractivity contribution in [1.82, 2.24) is 0 Å². The number of esters is 1. The van der Waals surface area contributed by atoms with Crippen molar-refractivity contribution in [1.29, 1.82) is 0 Å². The average molecular weight is 266 g/mol. The van der Waals surface area contributed by atoms with Crippen molar-refractivity contribution in [2.24, 2.45) is 17.8 Å². The summed E-state index contributed by atoms with van der Waals surface area (Å²) in [5, 5.41) is 10.3. The first kappa shape index (κ1) is 14.3. The van der Waals surface area contributed by atoms with E-state index < -0.39 is 6.10 Å². The molecule has 1 saturated heterocycles. The zero-order valence-electron chi connectivity index (χ0n) is 11.8. The lowest BCUT2D eigenvalue weighted by Gasteiger charge is -2.20. The number of ketones is 1. The number of fused-ring (bicyclic) bond motifs is 1. The fourth-order valence-electron chi connectivity index (χ4n) is 3.18. The molecule has 0 aromatic carbocycles. The van der Waals surface area contributed by atoms with E-state index in [1.54, 1.807) is 6.92 Å². The number of rotatable bonds is 3. The topological polar surface area (TPSA) is 63.6 Å². The van der Waals surface area contributed by atoms with E-state index in [4.69, 9.17) is 4.74 Å². The Bertz CT molecular complexity index is 412. The van der Waals surface area contributed by atoms with Gasteiger partial charge in [0, 0.05) is 12.3 Å². The second kappa shape index (κ2) is 5.45. The predicted octanol–water partition coefficient (Wildman–Crippen LogP) is 1.86. The van der Waals surface area contributed by atoms with Gasteiger partial charge in [0.1, 0.15) is 11.9 Å². The molecule has 0 radical (unpaired) electrons. The normalized spacial score (nSPS) is 38.2. The van der Waals surface area contributed by atoms with Gasteiger partial charge in [0.2, 0.25) is 0 Å². The Morgan fingerprint density at radius 3 is 2.79 bits per heavy atom. The molecule has 4 heteroatoms. The van der Waals surface area contributed by atoms with Crippen molar-refractivity contribution < 1.29 is 19.4 Å². The molecule has 1 aliphatic heterocycles. The monoisotopic (exact) mass is 266 g/mol.